The fourth-order valence-corrected chi connectivity index (χ4v) is 1.48. The van der Waals surface area contributed by atoms with E-state index in [2.05, 4.69) is 6.58 Å². The van der Waals surface area contributed by atoms with Gasteiger partial charge in [-0.05, 0) is 24.3 Å². The maximum absolute atomic E-state index is 11.0. The third-order valence-electron chi connectivity index (χ3n) is 2.31. The average Bonchev–Trinajstić information content (AvgIpc) is 2.49. The molecule has 21 heavy (non-hydrogen) atoms. The third-order valence-corrected chi connectivity index (χ3v) is 2.50. The van der Waals surface area contributed by atoms with E-state index in [0.717, 1.165) is 0 Å². The largest absolute Gasteiger partial charge is 0.508 e. The van der Waals surface area contributed by atoms with Crippen LogP contribution in [0.1, 0.15) is 32.3 Å². The lowest BCUT2D eigenvalue weighted by molar-refractivity contribution is -0.143. The molecule has 0 bridgehead atoms. The molecular formula is C16H23ClO4. The normalized spacial score (nSPS) is 9.29. The molecule has 0 atom stereocenters. The van der Waals surface area contributed by atoms with E-state index in [4.69, 9.17) is 26.2 Å². The Hall–Kier alpha value is -1.68. The van der Waals surface area contributed by atoms with Crippen LogP contribution < -0.4 is 4.74 Å². The minimum Gasteiger partial charge on any atom is -0.508 e. The zero-order chi connectivity index (χ0) is 16.1. The van der Waals surface area contributed by atoms with Crippen molar-refractivity contribution in [3.63, 3.8) is 0 Å². The topological polar surface area (TPSA) is 55.8 Å². The van der Waals surface area contributed by atoms with Gasteiger partial charge in [0.25, 0.3) is 0 Å². The Morgan fingerprint density at radius 3 is 2.38 bits per heavy atom. The van der Waals surface area contributed by atoms with Crippen molar-refractivity contribution < 1.29 is 19.4 Å². The molecule has 118 valence electrons. The number of esters is 1. The summed E-state index contributed by atoms with van der Waals surface area (Å²) in [6.07, 6.45) is 0.845. The van der Waals surface area contributed by atoms with E-state index in [-0.39, 0.29) is 24.0 Å². The first kappa shape index (κ1) is 19.3. The van der Waals surface area contributed by atoms with Crippen molar-refractivity contribution in [2.45, 2.75) is 26.7 Å². The van der Waals surface area contributed by atoms with Crippen molar-refractivity contribution in [1.82, 2.24) is 0 Å². The molecule has 0 saturated heterocycles. The van der Waals surface area contributed by atoms with Crippen LogP contribution in [-0.2, 0) is 9.53 Å². The Labute approximate surface area is 131 Å². The van der Waals surface area contributed by atoms with Gasteiger partial charge < -0.3 is 14.6 Å². The smallest absolute Gasteiger partial charge is 0.306 e. The van der Waals surface area contributed by atoms with Crippen molar-refractivity contribution in [1.29, 1.82) is 0 Å². The van der Waals surface area contributed by atoms with Gasteiger partial charge in [-0.3, -0.25) is 4.79 Å². The number of halogens is 1. The lowest BCUT2D eigenvalue weighted by Crippen LogP contribution is -2.09. The molecule has 1 rings (SSSR count). The molecule has 0 aliphatic heterocycles. The number of aliphatic hydroxyl groups excluding tert-OH is 1. The SMILES string of the molecule is C=C(O)c1ccc(OCCCOC(=O)CCCl)cc1.CC. The second-order valence-corrected chi connectivity index (χ2v) is 4.21. The standard InChI is InChI=1S/C14H17ClO4.C2H6/c1-11(16)12-3-5-13(6-4-12)18-9-2-10-19-14(17)7-8-15;1-2/h3-6,16H,1-2,7-10H2;1-2H3. The molecule has 0 amide bonds. The first-order valence-corrected chi connectivity index (χ1v) is 7.49. The van der Waals surface area contributed by atoms with E-state index in [1.807, 2.05) is 13.8 Å². The van der Waals surface area contributed by atoms with Gasteiger partial charge in [0.05, 0.1) is 19.6 Å². The Kier molecular flexibility index (Phi) is 11.1. The molecule has 1 N–H and O–H groups in total. The van der Waals surface area contributed by atoms with Crippen molar-refractivity contribution in [3.05, 3.63) is 36.4 Å². The number of carbonyl (C=O) groups is 1. The van der Waals surface area contributed by atoms with Crippen molar-refractivity contribution in [2.75, 3.05) is 19.1 Å². The molecule has 0 spiro atoms. The van der Waals surface area contributed by atoms with Gasteiger partial charge in [-0.1, -0.05) is 20.4 Å². The van der Waals surface area contributed by atoms with Crippen LogP contribution in [0.5, 0.6) is 5.75 Å². The van der Waals surface area contributed by atoms with Gasteiger partial charge in [-0.2, -0.15) is 0 Å². The quantitative estimate of drug-likeness (QED) is 0.338. The summed E-state index contributed by atoms with van der Waals surface area (Å²) in [7, 11) is 0. The van der Waals surface area contributed by atoms with Gasteiger partial charge in [0, 0.05) is 17.9 Å². The summed E-state index contributed by atoms with van der Waals surface area (Å²) in [6, 6.07) is 6.93. The number of carbonyl (C=O) groups excluding carboxylic acids is 1. The number of benzene rings is 1. The predicted molar refractivity (Wildman–Crippen MR) is 85.9 cm³/mol. The van der Waals surface area contributed by atoms with Crippen molar-refractivity contribution in [2.24, 2.45) is 0 Å². The fraction of sp³-hybridized carbons (Fsp3) is 0.438. The number of hydrogen-bond donors (Lipinski definition) is 1. The Morgan fingerprint density at radius 1 is 1.24 bits per heavy atom. The van der Waals surface area contributed by atoms with E-state index in [0.29, 0.717) is 30.9 Å². The lowest BCUT2D eigenvalue weighted by Gasteiger charge is -2.07. The highest BCUT2D eigenvalue weighted by Gasteiger charge is 2.01. The molecule has 0 aliphatic carbocycles. The van der Waals surface area contributed by atoms with Crippen LogP contribution in [0.3, 0.4) is 0 Å². The minimum atomic E-state index is -0.291. The van der Waals surface area contributed by atoms with Crippen LogP contribution in [0, 0.1) is 0 Å². The maximum atomic E-state index is 11.0. The third kappa shape index (κ3) is 8.97. The van der Waals surface area contributed by atoms with Crippen LogP contribution >= 0.6 is 11.6 Å². The summed E-state index contributed by atoms with van der Waals surface area (Å²) in [6.45, 7) is 8.20. The second-order valence-electron chi connectivity index (χ2n) is 3.83. The highest BCUT2D eigenvalue weighted by molar-refractivity contribution is 6.18. The number of rotatable bonds is 8. The van der Waals surface area contributed by atoms with Gasteiger partial charge in [0.15, 0.2) is 0 Å². The Morgan fingerprint density at radius 2 is 1.86 bits per heavy atom. The van der Waals surface area contributed by atoms with Gasteiger partial charge in [0.1, 0.15) is 11.5 Å². The molecule has 0 aliphatic rings. The Bertz CT molecular complexity index is 415. The minimum absolute atomic E-state index is 0.0257. The van der Waals surface area contributed by atoms with Gasteiger partial charge in [-0.15, -0.1) is 11.6 Å². The van der Waals surface area contributed by atoms with Crippen LogP contribution in [0.15, 0.2) is 30.8 Å². The fourth-order valence-electron chi connectivity index (χ4n) is 1.33. The zero-order valence-electron chi connectivity index (χ0n) is 12.6. The predicted octanol–water partition coefficient (Wildman–Crippen LogP) is 4.18. The number of hydrogen-bond acceptors (Lipinski definition) is 4. The highest BCUT2D eigenvalue weighted by Crippen LogP contribution is 2.15. The number of ether oxygens (including phenoxy) is 2. The van der Waals surface area contributed by atoms with E-state index >= 15 is 0 Å². The summed E-state index contributed by atoms with van der Waals surface area (Å²) in [4.78, 5) is 11.0. The summed E-state index contributed by atoms with van der Waals surface area (Å²) in [5, 5.41) is 9.16. The summed E-state index contributed by atoms with van der Waals surface area (Å²) >= 11 is 5.40. The van der Waals surface area contributed by atoms with Gasteiger partial charge >= 0.3 is 5.97 Å². The van der Waals surface area contributed by atoms with E-state index in [1.165, 1.54) is 0 Å². The molecule has 1 aromatic rings. The molecule has 5 heteroatoms. The summed E-state index contributed by atoms with van der Waals surface area (Å²) < 4.78 is 10.4. The Balaban J connectivity index is 0.00000191. The molecule has 4 nitrogen and oxygen atoms in total. The summed E-state index contributed by atoms with van der Waals surface area (Å²) in [5.74, 6) is 0.702. The second kappa shape index (κ2) is 12.1. The van der Waals surface area contributed by atoms with E-state index in [1.54, 1.807) is 24.3 Å². The highest BCUT2D eigenvalue weighted by atomic mass is 35.5. The number of alkyl halides is 1. The summed E-state index contributed by atoms with van der Waals surface area (Å²) in [5.41, 5.74) is 0.655. The first-order chi connectivity index (χ1) is 10.1. The van der Waals surface area contributed by atoms with Crippen LogP contribution in [0.25, 0.3) is 5.76 Å². The van der Waals surface area contributed by atoms with Crippen molar-refractivity contribution >= 4 is 23.3 Å². The van der Waals surface area contributed by atoms with Gasteiger partial charge in [0.2, 0.25) is 0 Å². The molecule has 0 fully saturated rings. The lowest BCUT2D eigenvalue weighted by atomic mass is 10.2. The zero-order valence-corrected chi connectivity index (χ0v) is 13.4. The van der Waals surface area contributed by atoms with Crippen LogP contribution in [-0.4, -0.2) is 30.2 Å². The molecule has 1 aromatic carbocycles. The molecule has 0 aromatic heterocycles. The van der Waals surface area contributed by atoms with Crippen LogP contribution in [0.2, 0.25) is 0 Å². The number of aliphatic hydroxyl groups is 1. The molecule has 0 heterocycles. The van der Waals surface area contributed by atoms with Crippen molar-refractivity contribution in [3.8, 4) is 5.75 Å². The van der Waals surface area contributed by atoms with Crippen LogP contribution in [0.4, 0.5) is 0 Å². The van der Waals surface area contributed by atoms with E-state index < -0.39 is 0 Å². The molecule has 0 radical (unpaired) electrons. The monoisotopic (exact) mass is 314 g/mol. The van der Waals surface area contributed by atoms with E-state index in [9.17, 15) is 4.79 Å². The van der Waals surface area contributed by atoms with Gasteiger partial charge in [-0.25, -0.2) is 0 Å². The first-order valence-electron chi connectivity index (χ1n) is 6.96. The molecule has 0 saturated carbocycles. The maximum Gasteiger partial charge on any atom is 0.306 e. The molecule has 0 unspecified atom stereocenters. The molecular weight excluding hydrogens is 292 g/mol. The average molecular weight is 315 g/mol.